The van der Waals surface area contributed by atoms with Crippen molar-refractivity contribution in [1.29, 1.82) is 0 Å². The molecule has 2 amide bonds. The molecule has 1 fully saturated rings. The Hall–Kier alpha value is -3.86. The first-order valence-electron chi connectivity index (χ1n) is 12.6. The highest BCUT2D eigenvalue weighted by Crippen LogP contribution is 2.31. The van der Waals surface area contributed by atoms with Crippen molar-refractivity contribution in [2.45, 2.75) is 19.3 Å². The Morgan fingerprint density at radius 3 is 2.54 bits per heavy atom. The fourth-order valence-corrected chi connectivity index (χ4v) is 4.86. The number of amides is 2. The zero-order valence-corrected chi connectivity index (χ0v) is 23.5. The Bertz CT molecular complexity index is 1450. The van der Waals surface area contributed by atoms with E-state index in [4.69, 9.17) is 26.1 Å². The molecule has 0 radical (unpaired) electrons. The first-order chi connectivity index (χ1) is 18.6. The van der Waals surface area contributed by atoms with E-state index in [9.17, 15) is 14.4 Å². The Kier molecular flexibility index (Phi) is 8.59. The third-order valence-electron chi connectivity index (χ3n) is 6.96. The van der Waals surface area contributed by atoms with Crippen LogP contribution in [0.15, 0.2) is 29.2 Å². The summed E-state index contributed by atoms with van der Waals surface area (Å²) in [6.07, 6.45) is 3.43. The summed E-state index contributed by atoms with van der Waals surface area (Å²) < 4.78 is 12.6. The van der Waals surface area contributed by atoms with Gasteiger partial charge in [0.25, 0.3) is 11.5 Å². The molecule has 12 heteroatoms. The number of likely N-dealkylation sites (N-methyl/N-ethyl adjacent to an activating group) is 1. The van der Waals surface area contributed by atoms with E-state index >= 15 is 0 Å². The molecule has 3 heterocycles. The molecule has 0 aliphatic carbocycles. The number of hydrogen-bond acceptors (Lipinski definition) is 8. The number of pyridine rings is 1. The molecule has 2 aromatic heterocycles. The summed E-state index contributed by atoms with van der Waals surface area (Å²) in [6, 6.07) is 5.31. The lowest BCUT2D eigenvalue weighted by molar-refractivity contribution is -0.133. The van der Waals surface area contributed by atoms with Crippen molar-refractivity contribution in [3.05, 3.63) is 51.0 Å². The van der Waals surface area contributed by atoms with Gasteiger partial charge in [0, 0.05) is 70.6 Å². The predicted molar refractivity (Wildman–Crippen MR) is 149 cm³/mol. The van der Waals surface area contributed by atoms with Crippen LogP contribution in [0.5, 0.6) is 11.5 Å². The second-order valence-electron chi connectivity index (χ2n) is 9.69. The van der Waals surface area contributed by atoms with E-state index in [1.54, 1.807) is 51.5 Å². The average molecular weight is 557 g/mol. The van der Waals surface area contributed by atoms with Gasteiger partial charge in [-0.05, 0) is 25.0 Å². The average Bonchev–Trinajstić information content (AvgIpc) is 2.94. The van der Waals surface area contributed by atoms with Crippen LogP contribution in [0.25, 0.3) is 10.9 Å². The van der Waals surface area contributed by atoms with Gasteiger partial charge in [0.1, 0.15) is 5.75 Å². The van der Waals surface area contributed by atoms with Crippen LogP contribution in [0.1, 0.15) is 24.1 Å². The molecule has 0 spiro atoms. The number of benzene rings is 1. The van der Waals surface area contributed by atoms with Gasteiger partial charge in [-0.25, -0.2) is 9.97 Å². The van der Waals surface area contributed by atoms with Gasteiger partial charge < -0.3 is 29.2 Å². The lowest BCUT2D eigenvalue weighted by atomic mass is 9.96. The first kappa shape index (κ1) is 28.2. The minimum atomic E-state index is -0.360. The smallest absolute Gasteiger partial charge is 0.293 e. The minimum absolute atomic E-state index is 0.00562. The molecular weight excluding hydrogens is 524 g/mol. The van der Waals surface area contributed by atoms with Crippen molar-refractivity contribution in [3.8, 4) is 11.5 Å². The van der Waals surface area contributed by atoms with Crippen LogP contribution < -0.4 is 25.2 Å². The molecule has 1 aromatic carbocycles. The van der Waals surface area contributed by atoms with Crippen LogP contribution in [0.2, 0.25) is 5.02 Å². The zero-order chi connectivity index (χ0) is 28.3. The molecule has 208 valence electrons. The van der Waals surface area contributed by atoms with Crippen LogP contribution >= 0.6 is 11.6 Å². The van der Waals surface area contributed by atoms with E-state index in [2.05, 4.69) is 15.2 Å². The highest BCUT2D eigenvalue weighted by molar-refractivity contribution is 6.31. The third-order valence-corrected chi connectivity index (χ3v) is 7.28. The third kappa shape index (κ3) is 6.08. The molecule has 0 unspecified atom stereocenters. The molecule has 11 nitrogen and oxygen atoms in total. The van der Waals surface area contributed by atoms with Gasteiger partial charge in [-0.15, -0.1) is 0 Å². The lowest BCUT2D eigenvalue weighted by Crippen LogP contribution is -2.40. The molecule has 4 rings (SSSR count). The Morgan fingerprint density at radius 1 is 1.18 bits per heavy atom. The summed E-state index contributed by atoms with van der Waals surface area (Å²) in [5, 5.41) is 3.63. The van der Waals surface area contributed by atoms with Gasteiger partial charge in [-0.1, -0.05) is 11.6 Å². The summed E-state index contributed by atoms with van der Waals surface area (Å²) in [5.41, 5.74) is 1.73. The van der Waals surface area contributed by atoms with Crippen LogP contribution in [0.3, 0.4) is 0 Å². The van der Waals surface area contributed by atoms with Gasteiger partial charge in [-0.2, -0.15) is 0 Å². The van der Waals surface area contributed by atoms with Gasteiger partial charge >= 0.3 is 0 Å². The van der Waals surface area contributed by atoms with E-state index in [0.29, 0.717) is 47.4 Å². The molecule has 0 atom stereocenters. The number of nitrogens with zero attached hydrogens (tertiary/aromatic N) is 5. The largest absolute Gasteiger partial charge is 0.496 e. The normalized spacial score (nSPS) is 13.8. The maximum Gasteiger partial charge on any atom is 0.293 e. The van der Waals surface area contributed by atoms with Crippen molar-refractivity contribution in [2.75, 3.05) is 52.8 Å². The number of carbonyl (C=O) groups is 2. The van der Waals surface area contributed by atoms with Crippen LogP contribution in [-0.4, -0.2) is 79.2 Å². The first-order valence-corrected chi connectivity index (χ1v) is 13.0. The fraction of sp³-hybridized carbons (Fsp3) is 0.444. The molecule has 1 aliphatic rings. The van der Waals surface area contributed by atoms with E-state index in [0.717, 1.165) is 23.8 Å². The summed E-state index contributed by atoms with van der Waals surface area (Å²) in [7, 11) is 8.26. The number of hydrogen-bond donors (Lipinski definition) is 1. The number of carbonyl (C=O) groups excluding carboxylic acids is 2. The van der Waals surface area contributed by atoms with E-state index in [-0.39, 0.29) is 35.6 Å². The van der Waals surface area contributed by atoms with E-state index < -0.39 is 0 Å². The minimum Gasteiger partial charge on any atom is -0.496 e. The molecule has 0 bridgehead atoms. The summed E-state index contributed by atoms with van der Waals surface area (Å²) in [4.78, 5) is 49.7. The number of fused-ring (bicyclic) bond motifs is 1. The number of anilines is 1. The Balaban J connectivity index is 1.62. The van der Waals surface area contributed by atoms with Crippen molar-refractivity contribution in [2.24, 2.45) is 13.0 Å². The highest BCUT2D eigenvalue weighted by Gasteiger charge is 2.27. The monoisotopic (exact) mass is 556 g/mol. The number of methoxy groups -OCH3 is 1. The zero-order valence-electron chi connectivity index (χ0n) is 22.8. The molecule has 3 aromatic rings. The number of nitrogens with one attached hydrogen (secondary N) is 1. The maximum atomic E-state index is 12.8. The number of halogens is 1. The molecule has 39 heavy (non-hydrogen) atoms. The van der Waals surface area contributed by atoms with Crippen molar-refractivity contribution < 1.29 is 19.1 Å². The van der Waals surface area contributed by atoms with Crippen LogP contribution in [-0.2, 0) is 23.1 Å². The van der Waals surface area contributed by atoms with E-state index in [1.165, 1.54) is 11.6 Å². The Labute approximate surface area is 231 Å². The standard InChI is InChI=1S/C27H33ClN6O5/c1-29-24(35)15-39-23-12-17-10-18(22(38-5)13-21(17)33(4)26(23)37)11-20-19(28)14-30-27(31-20)34-8-6-16(7-9-34)25(36)32(2)3/h10,12-14,16H,6-9,11,15H2,1-5H3,(H,29,35). The summed E-state index contributed by atoms with van der Waals surface area (Å²) in [5.74, 6) is 1.04. The SMILES string of the molecule is CNC(=O)COc1cc2cc(Cc3nc(N4CCC(C(=O)N(C)C)CC4)ncc3Cl)c(OC)cc2n(C)c1=O. The molecule has 0 saturated carbocycles. The number of ether oxygens (including phenoxy) is 2. The van der Waals surface area contributed by atoms with Crippen molar-refractivity contribution in [3.63, 3.8) is 0 Å². The van der Waals surface area contributed by atoms with Crippen molar-refractivity contribution >= 4 is 40.3 Å². The molecule has 1 N–H and O–H groups in total. The summed E-state index contributed by atoms with van der Waals surface area (Å²) in [6.45, 7) is 1.09. The molecule has 1 aliphatic heterocycles. The quantitative estimate of drug-likeness (QED) is 0.447. The van der Waals surface area contributed by atoms with Crippen LogP contribution in [0.4, 0.5) is 5.95 Å². The lowest BCUT2D eigenvalue weighted by Gasteiger charge is -2.32. The second kappa shape index (κ2) is 11.9. The van der Waals surface area contributed by atoms with Gasteiger partial charge in [-0.3, -0.25) is 14.4 Å². The number of aromatic nitrogens is 3. The Morgan fingerprint density at radius 2 is 1.90 bits per heavy atom. The van der Waals surface area contributed by atoms with Crippen LogP contribution in [0, 0.1) is 5.92 Å². The number of piperidine rings is 1. The summed E-state index contributed by atoms with van der Waals surface area (Å²) >= 11 is 6.52. The van der Waals surface area contributed by atoms with E-state index in [1.807, 2.05) is 6.07 Å². The second-order valence-corrected chi connectivity index (χ2v) is 10.1. The van der Waals surface area contributed by atoms with Gasteiger partial charge in [0.15, 0.2) is 12.4 Å². The topological polar surface area (TPSA) is 119 Å². The molecule has 1 saturated heterocycles. The van der Waals surface area contributed by atoms with Gasteiger partial charge in [0.05, 0.1) is 29.5 Å². The van der Waals surface area contributed by atoms with Gasteiger partial charge in [0.2, 0.25) is 11.9 Å². The number of rotatable bonds is 8. The fourth-order valence-electron chi connectivity index (χ4n) is 4.70. The highest BCUT2D eigenvalue weighted by atomic mass is 35.5. The molecular formula is C27H33ClN6O5. The predicted octanol–water partition coefficient (Wildman–Crippen LogP) is 2.01. The van der Waals surface area contributed by atoms with Crippen molar-refractivity contribution in [1.82, 2.24) is 24.8 Å². The number of aryl methyl sites for hydroxylation is 1. The maximum absolute atomic E-state index is 12.8.